The van der Waals surface area contributed by atoms with Crippen molar-refractivity contribution >= 4 is 17.5 Å². The summed E-state index contributed by atoms with van der Waals surface area (Å²) in [4.78, 5) is 16.4. The third-order valence-corrected chi connectivity index (χ3v) is 4.44. The fourth-order valence-electron chi connectivity index (χ4n) is 2.23. The summed E-state index contributed by atoms with van der Waals surface area (Å²) in [6.45, 7) is 2.30. The van der Waals surface area contributed by atoms with E-state index in [4.69, 9.17) is 0 Å². The van der Waals surface area contributed by atoms with Gasteiger partial charge in [-0.05, 0) is 18.6 Å². The number of para-hydroxylation sites is 1. The Kier molecular flexibility index (Phi) is 7.13. The number of rotatable bonds is 10. The van der Waals surface area contributed by atoms with Gasteiger partial charge in [0.25, 0.3) is 0 Å². The minimum Gasteiger partial charge on any atom is -0.507 e. The molecule has 0 atom stereocenters. The number of Topliss-reactive ketones (excluding diaryl/α,β-unsaturated/α-hetero) is 1. The van der Waals surface area contributed by atoms with Crippen LogP contribution in [0.4, 0.5) is 0 Å². The van der Waals surface area contributed by atoms with E-state index < -0.39 is 0 Å². The number of unbranched alkanes of at least 4 members (excludes halogenated alkanes) is 4. The lowest BCUT2D eigenvalue weighted by Crippen LogP contribution is -2.11. The Morgan fingerprint density at radius 2 is 2.00 bits per heavy atom. The number of thioether (sulfide) groups is 1. The average molecular weight is 333 g/mol. The Morgan fingerprint density at radius 1 is 1.22 bits per heavy atom. The highest BCUT2D eigenvalue weighted by atomic mass is 32.2. The van der Waals surface area contributed by atoms with Crippen LogP contribution in [0.2, 0.25) is 0 Å². The lowest BCUT2D eigenvalue weighted by Gasteiger charge is -2.03. The molecule has 0 aliphatic carbocycles. The number of carbonyl (C=O) groups is 1. The molecule has 0 bridgehead atoms. The van der Waals surface area contributed by atoms with Crippen molar-refractivity contribution in [2.75, 3.05) is 5.75 Å². The number of aromatic hydroxyl groups is 1. The van der Waals surface area contributed by atoms with Gasteiger partial charge in [-0.25, -0.2) is 9.67 Å². The number of ketones is 1. The highest BCUT2D eigenvalue weighted by molar-refractivity contribution is 7.99. The van der Waals surface area contributed by atoms with Gasteiger partial charge in [-0.15, -0.1) is 5.10 Å². The summed E-state index contributed by atoms with van der Waals surface area (Å²) in [6.07, 6.45) is 7.81. The third-order valence-electron chi connectivity index (χ3n) is 3.50. The van der Waals surface area contributed by atoms with Crippen LogP contribution in [-0.2, 0) is 6.54 Å². The minimum atomic E-state index is -0.177. The molecule has 0 fully saturated rings. The predicted molar refractivity (Wildman–Crippen MR) is 91.9 cm³/mol. The summed E-state index contributed by atoms with van der Waals surface area (Å²) in [5, 5.41) is 14.7. The molecular formula is C17H23N3O2S. The molecule has 1 aromatic carbocycles. The van der Waals surface area contributed by atoms with Crippen LogP contribution >= 0.6 is 11.8 Å². The molecule has 2 aromatic rings. The quantitative estimate of drug-likeness (QED) is 0.405. The van der Waals surface area contributed by atoms with Gasteiger partial charge in [0, 0.05) is 5.75 Å². The molecule has 1 heterocycles. The lowest BCUT2D eigenvalue weighted by molar-refractivity contribution is 0.0964. The summed E-state index contributed by atoms with van der Waals surface area (Å²) in [7, 11) is 0. The molecule has 1 aromatic heterocycles. The normalized spacial score (nSPS) is 10.8. The lowest BCUT2D eigenvalue weighted by atomic mass is 10.1. The van der Waals surface area contributed by atoms with Gasteiger partial charge in [0.2, 0.25) is 5.16 Å². The zero-order valence-electron chi connectivity index (χ0n) is 13.4. The average Bonchev–Trinajstić information content (AvgIpc) is 2.98. The van der Waals surface area contributed by atoms with Gasteiger partial charge in [-0.3, -0.25) is 4.79 Å². The Bertz CT molecular complexity index is 628. The Hall–Kier alpha value is -1.82. The van der Waals surface area contributed by atoms with Crippen molar-refractivity contribution in [3.05, 3.63) is 36.2 Å². The summed E-state index contributed by atoms with van der Waals surface area (Å²) < 4.78 is 1.52. The van der Waals surface area contributed by atoms with Gasteiger partial charge in [-0.2, -0.15) is 0 Å². The van der Waals surface area contributed by atoms with E-state index in [2.05, 4.69) is 17.0 Å². The van der Waals surface area contributed by atoms with Gasteiger partial charge in [0.15, 0.2) is 5.78 Å². The second-order valence-electron chi connectivity index (χ2n) is 5.43. The van der Waals surface area contributed by atoms with Crippen LogP contribution in [0.3, 0.4) is 0 Å². The fraction of sp³-hybridized carbons (Fsp3) is 0.471. The maximum Gasteiger partial charge on any atom is 0.208 e. The molecule has 0 saturated heterocycles. The summed E-state index contributed by atoms with van der Waals surface area (Å²) >= 11 is 1.62. The van der Waals surface area contributed by atoms with Crippen LogP contribution in [0, 0.1) is 0 Å². The molecule has 5 nitrogen and oxygen atoms in total. The number of benzene rings is 1. The highest BCUT2D eigenvalue weighted by Crippen LogP contribution is 2.18. The molecule has 0 aliphatic heterocycles. The highest BCUT2D eigenvalue weighted by Gasteiger charge is 2.12. The van der Waals surface area contributed by atoms with E-state index in [-0.39, 0.29) is 18.1 Å². The zero-order chi connectivity index (χ0) is 16.5. The van der Waals surface area contributed by atoms with E-state index in [0.717, 1.165) is 12.2 Å². The summed E-state index contributed by atoms with van der Waals surface area (Å²) in [5.74, 6) is 0.824. The maximum atomic E-state index is 12.1. The molecule has 0 spiro atoms. The van der Waals surface area contributed by atoms with Crippen LogP contribution in [-0.4, -0.2) is 31.4 Å². The first-order valence-corrected chi connectivity index (χ1v) is 9.02. The molecule has 1 N–H and O–H groups in total. The number of nitrogens with zero attached hydrogens (tertiary/aromatic N) is 3. The summed E-state index contributed by atoms with van der Waals surface area (Å²) in [6, 6.07) is 6.54. The minimum absolute atomic E-state index is 0.000655. The Balaban J connectivity index is 1.78. The second kappa shape index (κ2) is 9.35. The van der Waals surface area contributed by atoms with Crippen LogP contribution < -0.4 is 0 Å². The van der Waals surface area contributed by atoms with Gasteiger partial charge in [-0.1, -0.05) is 56.5 Å². The zero-order valence-corrected chi connectivity index (χ0v) is 14.3. The molecule has 0 radical (unpaired) electrons. The molecule has 0 aliphatic rings. The van der Waals surface area contributed by atoms with E-state index in [1.165, 1.54) is 36.4 Å². The first-order valence-electron chi connectivity index (χ1n) is 8.04. The van der Waals surface area contributed by atoms with Crippen molar-refractivity contribution in [3.63, 3.8) is 0 Å². The van der Waals surface area contributed by atoms with E-state index in [1.807, 2.05) is 0 Å². The SMILES string of the molecule is CCCCCCCSc1ncn(CC(=O)c2ccccc2O)n1. The molecule has 0 amide bonds. The van der Waals surface area contributed by atoms with Crippen LogP contribution in [0.5, 0.6) is 5.75 Å². The number of hydrogen-bond donors (Lipinski definition) is 1. The molecular weight excluding hydrogens is 310 g/mol. The molecule has 2 rings (SSSR count). The monoisotopic (exact) mass is 333 g/mol. The van der Waals surface area contributed by atoms with Crippen LogP contribution in [0.15, 0.2) is 35.7 Å². The largest absolute Gasteiger partial charge is 0.507 e. The fourth-order valence-corrected chi connectivity index (χ4v) is 3.05. The number of aromatic nitrogens is 3. The third kappa shape index (κ3) is 5.71. The van der Waals surface area contributed by atoms with Crippen LogP contribution in [0.1, 0.15) is 49.4 Å². The molecule has 124 valence electrons. The first kappa shape index (κ1) is 17.5. The molecule has 0 saturated carbocycles. The van der Waals surface area contributed by atoms with Crippen LogP contribution in [0.25, 0.3) is 0 Å². The van der Waals surface area contributed by atoms with Gasteiger partial charge < -0.3 is 5.11 Å². The number of phenolic OH excluding ortho intramolecular Hbond substituents is 1. The van der Waals surface area contributed by atoms with Crippen molar-refractivity contribution < 1.29 is 9.90 Å². The standard InChI is InChI=1S/C17H23N3O2S/c1-2-3-4-5-8-11-23-17-18-13-20(19-17)12-16(22)14-9-6-7-10-15(14)21/h6-7,9-10,13,21H,2-5,8,11-12H2,1H3. The van der Waals surface area contributed by atoms with E-state index >= 15 is 0 Å². The van der Waals surface area contributed by atoms with Gasteiger partial charge in [0.1, 0.15) is 18.6 Å². The number of hydrogen-bond acceptors (Lipinski definition) is 5. The van der Waals surface area contributed by atoms with Crippen molar-refractivity contribution in [1.82, 2.24) is 14.8 Å². The van der Waals surface area contributed by atoms with E-state index in [1.54, 1.807) is 36.3 Å². The van der Waals surface area contributed by atoms with Crippen molar-refractivity contribution in [3.8, 4) is 5.75 Å². The molecule has 23 heavy (non-hydrogen) atoms. The summed E-state index contributed by atoms with van der Waals surface area (Å²) in [5.41, 5.74) is 0.313. The smallest absolute Gasteiger partial charge is 0.208 e. The predicted octanol–water partition coefficient (Wildman–Crippen LogP) is 3.93. The molecule has 0 unspecified atom stereocenters. The van der Waals surface area contributed by atoms with Crippen molar-refractivity contribution in [2.24, 2.45) is 0 Å². The maximum absolute atomic E-state index is 12.1. The van der Waals surface area contributed by atoms with E-state index in [0.29, 0.717) is 10.7 Å². The topological polar surface area (TPSA) is 68.0 Å². The molecule has 6 heteroatoms. The van der Waals surface area contributed by atoms with Gasteiger partial charge >= 0.3 is 0 Å². The Morgan fingerprint density at radius 3 is 2.78 bits per heavy atom. The number of phenols is 1. The van der Waals surface area contributed by atoms with Crippen molar-refractivity contribution in [2.45, 2.75) is 50.7 Å². The Labute approximate surface area is 141 Å². The van der Waals surface area contributed by atoms with Crippen molar-refractivity contribution in [1.29, 1.82) is 0 Å². The van der Waals surface area contributed by atoms with E-state index in [9.17, 15) is 9.90 Å². The number of carbonyl (C=O) groups excluding carboxylic acids is 1. The second-order valence-corrected chi connectivity index (χ2v) is 6.49. The first-order chi connectivity index (χ1) is 11.2. The van der Waals surface area contributed by atoms with Gasteiger partial charge in [0.05, 0.1) is 5.56 Å².